The van der Waals surface area contributed by atoms with Gasteiger partial charge in [0, 0.05) is 29.2 Å². The number of ether oxygens (including phenoxy) is 1. The molecule has 3 aromatic rings. The fraction of sp³-hybridized carbons (Fsp3) is 0.238. The van der Waals surface area contributed by atoms with E-state index < -0.39 is 17.5 Å². The summed E-state index contributed by atoms with van der Waals surface area (Å²) in [5, 5.41) is 6.08. The molecule has 29 heavy (non-hydrogen) atoms. The predicted molar refractivity (Wildman–Crippen MR) is 106 cm³/mol. The molecule has 0 unspecified atom stereocenters. The number of halogens is 3. The highest BCUT2D eigenvalue weighted by molar-refractivity contribution is 7.07. The van der Waals surface area contributed by atoms with Crippen molar-refractivity contribution < 1.29 is 17.9 Å². The molecule has 1 saturated heterocycles. The van der Waals surface area contributed by atoms with E-state index in [4.69, 9.17) is 4.74 Å². The van der Waals surface area contributed by atoms with E-state index in [9.17, 15) is 13.2 Å². The fourth-order valence-corrected chi connectivity index (χ4v) is 3.91. The number of rotatable bonds is 5. The van der Waals surface area contributed by atoms with Gasteiger partial charge >= 0.3 is 0 Å². The number of benzene rings is 2. The van der Waals surface area contributed by atoms with E-state index in [1.54, 1.807) is 23.6 Å². The summed E-state index contributed by atoms with van der Waals surface area (Å²) in [7, 11) is 0. The second-order valence-corrected chi connectivity index (χ2v) is 7.42. The normalized spacial score (nSPS) is 17.5. The van der Waals surface area contributed by atoms with Gasteiger partial charge in [0.25, 0.3) is 0 Å². The van der Waals surface area contributed by atoms with Crippen LogP contribution in [0.25, 0.3) is 11.3 Å². The summed E-state index contributed by atoms with van der Waals surface area (Å²) in [5.41, 5.74) is 0.978. The maximum absolute atomic E-state index is 14.4. The van der Waals surface area contributed by atoms with E-state index in [0.717, 1.165) is 31.6 Å². The minimum atomic E-state index is -0.727. The molecular formula is C21H18F3N3OS. The van der Waals surface area contributed by atoms with Gasteiger partial charge in [-0.1, -0.05) is 12.1 Å². The van der Waals surface area contributed by atoms with Crippen LogP contribution in [0.5, 0.6) is 0 Å². The van der Waals surface area contributed by atoms with Gasteiger partial charge in [-0.05, 0) is 37.1 Å². The molecule has 2 aromatic carbocycles. The molecule has 4 rings (SSSR count). The first-order valence-electron chi connectivity index (χ1n) is 9.19. The van der Waals surface area contributed by atoms with Crippen molar-refractivity contribution in [3.63, 3.8) is 0 Å². The van der Waals surface area contributed by atoms with Crippen molar-refractivity contribution in [2.24, 2.45) is 10.1 Å². The van der Waals surface area contributed by atoms with Crippen LogP contribution >= 0.6 is 11.3 Å². The lowest BCUT2D eigenvalue weighted by Crippen LogP contribution is -2.17. The molecule has 0 saturated carbocycles. The lowest BCUT2D eigenvalue weighted by molar-refractivity contribution is 0.117. The monoisotopic (exact) mass is 417 g/mol. The Bertz CT molecular complexity index is 1100. The Labute approximate surface area is 169 Å². The summed E-state index contributed by atoms with van der Waals surface area (Å²) in [6, 6.07) is 9.59. The van der Waals surface area contributed by atoms with Gasteiger partial charge in [-0.25, -0.2) is 17.8 Å². The van der Waals surface area contributed by atoms with E-state index in [2.05, 4.69) is 10.1 Å². The lowest BCUT2D eigenvalue weighted by atomic mass is 10.1. The third-order valence-corrected chi connectivity index (χ3v) is 5.42. The second kappa shape index (κ2) is 8.75. The average Bonchev–Trinajstić information content (AvgIpc) is 3.36. The van der Waals surface area contributed by atoms with Crippen LogP contribution in [0.3, 0.4) is 0 Å². The number of aromatic nitrogens is 1. The predicted octanol–water partition coefficient (Wildman–Crippen LogP) is 4.60. The zero-order valence-electron chi connectivity index (χ0n) is 15.4. The Hall–Kier alpha value is -2.71. The Balaban J connectivity index is 1.75. The number of hydrogen-bond acceptors (Lipinski definition) is 4. The third kappa shape index (κ3) is 4.49. The molecule has 1 aliphatic rings. The maximum atomic E-state index is 14.4. The van der Waals surface area contributed by atoms with E-state index >= 15 is 0 Å². The molecule has 4 nitrogen and oxygen atoms in total. The van der Waals surface area contributed by atoms with Gasteiger partial charge in [0.1, 0.15) is 17.5 Å². The largest absolute Gasteiger partial charge is 0.376 e. The summed E-state index contributed by atoms with van der Waals surface area (Å²) in [4.78, 5) is 5.12. The molecule has 0 radical (unpaired) electrons. The first-order valence-corrected chi connectivity index (χ1v) is 10.1. The lowest BCUT2D eigenvalue weighted by Gasteiger charge is -2.06. The highest BCUT2D eigenvalue weighted by Gasteiger charge is 2.16. The zero-order chi connectivity index (χ0) is 20.2. The Morgan fingerprint density at radius 1 is 1.14 bits per heavy atom. The van der Waals surface area contributed by atoms with Crippen molar-refractivity contribution in [1.29, 1.82) is 0 Å². The van der Waals surface area contributed by atoms with Gasteiger partial charge in [0.2, 0.25) is 4.80 Å². The topological polar surface area (TPSA) is 38.9 Å². The van der Waals surface area contributed by atoms with Crippen LogP contribution in [-0.4, -0.2) is 30.1 Å². The Morgan fingerprint density at radius 2 is 2.00 bits per heavy atom. The zero-order valence-corrected chi connectivity index (χ0v) is 16.2. The van der Waals surface area contributed by atoms with Crippen molar-refractivity contribution in [2.45, 2.75) is 18.9 Å². The molecule has 0 spiro atoms. The van der Waals surface area contributed by atoms with Crippen LogP contribution in [-0.2, 0) is 4.74 Å². The summed E-state index contributed by atoms with van der Waals surface area (Å²) >= 11 is 1.31. The van der Waals surface area contributed by atoms with E-state index in [1.807, 2.05) is 0 Å². The highest BCUT2D eigenvalue weighted by Crippen LogP contribution is 2.23. The van der Waals surface area contributed by atoms with Crippen molar-refractivity contribution >= 4 is 17.6 Å². The average molecular weight is 417 g/mol. The molecule has 1 fully saturated rings. The van der Waals surface area contributed by atoms with E-state index in [0.29, 0.717) is 22.6 Å². The number of nitrogens with zero attached hydrogens (tertiary/aromatic N) is 3. The number of hydrogen-bond donors (Lipinski definition) is 0. The Kier molecular flexibility index (Phi) is 5.92. The van der Waals surface area contributed by atoms with Gasteiger partial charge < -0.3 is 4.74 Å². The standard InChI is InChI=1S/C21H18F3N3OS/c22-15-8-7-14(19(24)10-15)11-26-27-20(17-5-1-2-6-18(17)23)13-29-21(27)25-12-16-4-3-9-28-16/h1-2,5-8,10-11,13,16H,3-4,9,12H2/b25-21?,26-11-/t16-/m1/s1. The fourth-order valence-electron chi connectivity index (χ4n) is 3.07. The molecule has 0 aliphatic carbocycles. The van der Waals surface area contributed by atoms with Gasteiger partial charge in [-0.15, -0.1) is 11.3 Å². The first kappa shape index (κ1) is 19.6. The smallest absolute Gasteiger partial charge is 0.206 e. The summed E-state index contributed by atoms with van der Waals surface area (Å²) < 4.78 is 48.6. The molecule has 2 heterocycles. The maximum Gasteiger partial charge on any atom is 0.206 e. The first-order chi connectivity index (χ1) is 14.1. The summed E-state index contributed by atoms with van der Waals surface area (Å²) in [6.07, 6.45) is 3.28. The minimum Gasteiger partial charge on any atom is -0.376 e. The van der Waals surface area contributed by atoms with Gasteiger partial charge in [-0.3, -0.25) is 4.99 Å². The van der Waals surface area contributed by atoms with Crippen molar-refractivity contribution in [2.75, 3.05) is 13.2 Å². The highest BCUT2D eigenvalue weighted by atomic mass is 32.1. The second-order valence-electron chi connectivity index (χ2n) is 6.58. The molecule has 0 bridgehead atoms. The molecule has 1 atom stereocenters. The molecule has 1 aliphatic heterocycles. The van der Waals surface area contributed by atoms with Crippen LogP contribution in [0.15, 0.2) is 57.9 Å². The van der Waals surface area contributed by atoms with E-state index in [1.165, 1.54) is 34.4 Å². The Morgan fingerprint density at radius 3 is 2.76 bits per heavy atom. The molecule has 0 N–H and O–H groups in total. The molecule has 150 valence electrons. The minimum absolute atomic E-state index is 0.0565. The van der Waals surface area contributed by atoms with Crippen molar-refractivity contribution in [3.8, 4) is 11.3 Å². The summed E-state index contributed by atoms with van der Waals surface area (Å²) in [6.45, 7) is 1.20. The quantitative estimate of drug-likeness (QED) is 0.560. The number of thiazole rings is 1. The van der Waals surface area contributed by atoms with E-state index in [-0.39, 0.29) is 11.7 Å². The molecule has 8 heteroatoms. The van der Waals surface area contributed by atoms with Crippen LogP contribution in [0.2, 0.25) is 0 Å². The van der Waals surface area contributed by atoms with Crippen LogP contribution < -0.4 is 4.80 Å². The molecule has 0 amide bonds. The van der Waals surface area contributed by atoms with Crippen LogP contribution in [0.1, 0.15) is 18.4 Å². The third-order valence-electron chi connectivity index (χ3n) is 4.56. The van der Waals surface area contributed by atoms with Crippen LogP contribution in [0.4, 0.5) is 13.2 Å². The van der Waals surface area contributed by atoms with Crippen LogP contribution in [0, 0.1) is 17.5 Å². The van der Waals surface area contributed by atoms with Crippen molar-refractivity contribution in [3.05, 3.63) is 75.7 Å². The molecule has 1 aromatic heterocycles. The summed E-state index contributed by atoms with van der Waals surface area (Å²) in [5.74, 6) is -1.79. The van der Waals surface area contributed by atoms with Gasteiger partial charge in [-0.2, -0.15) is 5.10 Å². The SMILES string of the molecule is Fc1ccc(/C=N\n2c(-c3ccccc3F)csc2=NC[C@H]2CCCO2)c(F)c1. The van der Waals surface area contributed by atoms with Gasteiger partial charge in [0.15, 0.2) is 0 Å². The van der Waals surface area contributed by atoms with Gasteiger partial charge in [0.05, 0.1) is 24.6 Å². The molecular weight excluding hydrogens is 399 g/mol. The van der Waals surface area contributed by atoms with Crippen molar-refractivity contribution in [1.82, 2.24) is 4.68 Å².